The van der Waals surface area contributed by atoms with E-state index in [1.54, 1.807) is 38.4 Å². The molecule has 29 heavy (non-hydrogen) atoms. The Morgan fingerprint density at radius 3 is 2.59 bits per heavy atom. The summed E-state index contributed by atoms with van der Waals surface area (Å²) in [6.07, 6.45) is 5.63. The number of hydrogen-bond acceptors (Lipinski definition) is 6. The lowest BCUT2D eigenvalue weighted by atomic mass is 10.0. The third-order valence-corrected chi connectivity index (χ3v) is 5.06. The first kappa shape index (κ1) is 19.4. The largest absolute Gasteiger partial charge is 0.477 e. The molecule has 3 aromatic rings. The summed E-state index contributed by atoms with van der Waals surface area (Å²) >= 11 is 0. The first-order chi connectivity index (χ1) is 13.8. The van der Waals surface area contributed by atoms with E-state index in [0.717, 1.165) is 23.2 Å². The molecule has 0 bridgehead atoms. The first-order valence-electron chi connectivity index (χ1n) is 9.58. The maximum atomic E-state index is 13.1. The number of pyridine rings is 2. The summed E-state index contributed by atoms with van der Waals surface area (Å²) in [6.45, 7) is 5.71. The highest BCUT2D eigenvalue weighted by molar-refractivity contribution is 5.67. The Hall–Kier alpha value is -2.93. The quantitative estimate of drug-likeness (QED) is 0.685. The molecule has 3 heterocycles. The Balaban J connectivity index is 1.48. The van der Waals surface area contributed by atoms with Crippen molar-refractivity contribution in [3.05, 3.63) is 65.9 Å². The van der Waals surface area contributed by atoms with Crippen molar-refractivity contribution in [2.75, 3.05) is 6.61 Å². The molecule has 2 atom stereocenters. The van der Waals surface area contributed by atoms with Crippen molar-refractivity contribution < 1.29 is 14.2 Å². The normalized spacial score (nSPS) is 18.5. The van der Waals surface area contributed by atoms with E-state index in [9.17, 15) is 9.50 Å². The molecule has 0 aliphatic heterocycles. The van der Waals surface area contributed by atoms with Crippen molar-refractivity contribution in [1.82, 2.24) is 19.9 Å². The smallest absolute Gasteiger partial charge is 0.224 e. The van der Waals surface area contributed by atoms with Gasteiger partial charge in [-0.2, -0.15) is 4.98 Å². The van der Waals surface area contributed by atoms with Crippen molar-refractivity contribution in [2.24, 2.45) is 5.92 Å². The molecule has 0 saturated heterocycles. The Labute approximate surface area is 168 Å². The van der Waals surface area contributed by atoms with Crippen LogP contribution in [0.15, 0.2) is 42.9 Å². The van der Waals surface area contributed by atoms with Gasteiger partial charge in [0.05, 0.1) is 24.1 Å². The average molecular weight is 394 g/mol. The molecule has 0 spiro atoms. The maximum absolute atomic E-state index is 13.1. The number of nitrogens with zero attached hydrogens (tertiary/aromatic N) is 4. The van der Waals surface area contributed by atoms with Crippen molar-refractivity contribution in [2.45, 2.75) is 38.7 Å². The van der Waals surface area contributed by atoms with Crippen LogP contribution in [0.1, 0.15) is 43.4 Å². The fraction of sp³-hybridized carbons (Fsp3) is 0.364. The van der Waals surface area contributed by atoms with Crippen LogP contribution in [-0.2, 0) is 5.60 Å². The van der Waals surface area contributed by atoms with Gasteiger partial charge in [-0.15, -0.1) is 0 Å². The van der Waals surface area contributed by atoms with E-state index in [4.69, 9.17) is 4.74 Å². The van der Waals surface area contributed by atoms with Crippen LogP contribution >= 0.6 is 0 Å². The first-order valence-corrected chi connectivity index (χ1v) is 9.58. The molecule has 1 aliphatic rings. The van der Waals surface area contributed by atoms with Crippen LogP contribution in [0.2, 0.25) is 0 Å². The van der Waals surface area contributed by atoms with Gasteiger partial charge < -0.3 is 9.84 Å². The lowest BCUT2D eigenvalue weighted by Crippen LogP contribution is -2.17. The summed E-state index contributed by atoms with van der Waals surface area (Å²) in [6, 6.07) is 6.84. The summed E-state index contributed by atoms with van der Waals surface area (Å²) in [5, 5.41) is 10.1. The number of aromatic nitrogens is 4. The van der Waals surface area contributed by atoms with Gasteiger partial charge in [0.15, 0.2) is 0 Å². The van der Waals surface area contributed by atoms with Gasteiger partial charge in [0, 0.05) is 35.5 Å². The van der Waals surface area contributed by atoms with Gasteiger partial charge in [-0.3, -0.25) is 9.97 Å². The van der Waals surface area contributed by atoms with E-state index < -0.39 is 5.60 Å². The average Bonchev–Trinajstić information content (AvgIpc) is 3.46. The molecule has 7 heteroatoms. The van der Waals surface area contributed by atoms with Crippen LogP contribution in [-0.4, -0.2) is 31.6 Å². The van der Waals surface area contributed by atoms with Crippen LogP contribution in [0, 0.1) is 18.7 Å². The minimum absolute atomic E-state index is 0.287. The highest BCUT2D eigenvalue weighted by Crippen LogP contribution is 2.47. The molecule has 1 saturated carbocycles. The van der Waals surface area contributed by atoms with Crippen molar-refractivity contribution in [3.63, 3.8) is 0 Å². The minimum atomic E-state index is -1.00. The van der Waals surface area contributed by atoms with Gasteiger partial charge in [-0.1, -0.05) is 6.07 Å². The molecule has 150 valence electrons. The van der Waals surface area contributed by atoms with Crippen molar-refractivity contribution in [3.8, 4) is 17.0 Å². The van der Waals surface area contributed by atoms with E-state index in [-0.39, 0.29) is 11.7 Å². The summed E-state index contributed by atoms with van der Waals surface area (Å²) in [4.78, 5) is 17.3. The van der Waals surface area contributed by atoms with Gasteiger partial charge in [0.25, 0.3) is 0 Å². The zero-order valence-electron chi connectivity index (χ0n) is 16.6. The fourth-order valence-corrected chi connectivity index (χ4v) is 3.26. The third-order valence-electron chi connectivity index (χ3n) is 5.06. The molecule has 4 rings (SSSR count). The number of ether oxygens (including phenoxy) is 1. The summed E-state index contributed by atoms with van der Waals surface area (Å²) in [5.41, 5.74) is 2.05. The van der Waals surface area contributed by atoms with Crippen LogP contribution < -0.4 is 4.74 Å². The zero-order valence-corrected chi connectivity index (χ0v) is 16.6. The summed E-state index contributed by atoms with van der Waals surface area (Å²) in [5.74, 6) is 1.42. The van der Waals surface area contributed by atoms with Crippen LogP contribution in [0.4, 0.5) is 4.39 Å². The molecule has 6 nitrogen and oxygen atoms in total. The monoisotopic (exact) mass is 394 g/mol. The second-order valence-electron chi connectivity index (χ2n) is 7.94. The van der Waals surface area contributed by atoms with Crippen molar-refractivity contribution in [1.29, 1.82) is 0 Å². The molecular formula is C22H23FN4O2. The van der Waals surface area contributed by atoms with E-state index in [2.05, 4.69) is 19.9 Å². The SMILES string of the molecule is Cc1ncc(-c2ccc(C(C)(C)O)nc2)c(OC[C@H]2C[C@@H]2c2ccc(F)cn2)n1. The Morgan fingerprint density at radius 2 is 1.93 bits per heavy atom. The minimum Gasteiger partial charge on any atom is -0.477 e. The third kappa shape index (κ3) is 4.40. The molecule has 0 aromatic carbocycles. The Morgan fingerprint density at radius 1 is 1.10 bits per heavy atom. The predicted molar refractivity (Wildman–Crippen MR) is 106 cm³/mol. The molecule has 0 radical (unpaired) electrons. The lowest BCUT2D eigenvalue weighted by molar-refractivity contribution is 0.0739. The number of halogens is 1. The van der Waals surface area contributed by atoms with Crippen LogP contribution in [0.5, 0.6) is 5.88 Å². The second-order valence-corrected chi connectivity index (χ2v) is 7.94. The topological polar surface area (TPSA) is 81.0 Å². The molecule has 3 aromatic heterocycles. The number of aryl methyl sites for hydroxylation is 1. The molecule has 1 fully saturated rings. The Bertz CT molecular complexity index is 1000. The Kier molecular flexibility index (Phi) is 5.00. The van der Waals surface area contributed by atoms with E-state index in [0.29, 0.717) is 29.9 Å². The molecular weight excluding hydrogens is 371 g/mol. The van der Waals surface area contributed by atoms with Crippen LogP contribution in [0.25, 0.3) is 11.1 Å². The molecule has 1 aliphatic carbocycles. The fourth-order valence-electron chi connectivity index (χ4n) is 3.26. The highest BCUT2D eigenvalue weighted by Gasteiger charge is 2.40. The zero-order chi connectivity index (χ0) is 20.6. The van der Waals surface area contributed by atoms with Gasteiger partial charge in [0.1, 0.15) is 17.2 Å². The summed E-state index contributed by atoms with van der Waals surface area (Å²) in [7, 11) is 0. The lowest BCUT2D eigenvalue weighted by Gasteiger charge is -2.17. The van der Waals surface area contributed by atoms with Gasteiger partial charge in [-0.25, -0.2) is 9.37 Å². The van der Waals surface area contributed by atoms with Gasteiger partial charge in [-0.05, 0) is 45.4 Å². The van der Waals surface area contributed by atoms with E-state index in [1.807, 2.05) is 13.0 Å². The number of aliphatic hydroxyl groups is 1. The molecule has 0 unspecified atom stereocenters. The predicted octanol–water partition coefficient (Wildman–Crippen LogP) is 3.79. The summed E-state index contributed by atoms with van der Waals surface area (Å²) < 4.78 is 19.1. The van der Waals surface area contributed by atoms with Crippen molar-refractivity contribution >= 4 is 0 Å². The van der Waals surface area contributed by atoms with Gasteiger partial charge >= 0.3 is 0 Å². The second kappa shape index (κ2) is 7.48. The van der Waals surface area contributed by atoms with E-state index in [1.165, 1.54) is 12.3 Å². The maximum Gasteiger partial charge on any atom is 0.224 e. The molecule has 0 amide bonds. The van der Waals surface area contributed by atoms with E-state index >= 15 is 0 Å². The molecule has 1 N–H and O–H groups in total. The number of hydrogen-bond donors (Lipinski definition) is 1. The highest BCUT2D eigenvalue weighted by atomic mass is 19.1. The van der Waals surface area contributed by atoms with Crippen LogP contribution in [0.3, 0.4) is 0 Å². The number of rotatable bonds is 6. The standard InChI is InChI=1S/C22H23FN4O2/c1-13-24-11-18(14-4-7-20(26-9-14)22(2,3)28)21(27-13)29-12-15-8-17(15)19-6-5-16(23)10-25-19/h4-7,9-11,15,17,28H,8,12H2,1-3H3/t15-,17+/m1/s1. The van der Waals surface area contributed by atoms with Gasteiger partial charge in [0.2, 0.25) is 5.88 Å².